The summed E-state index contributed by atoms with van der Waals surface area (Å²) >= 11 is 7.34. The van der Waals surface area contributed by atoms with E-state index in [0.717, 1.165) is 0 Å². The summed E-state index contributed by atoms with van der Waals surface area (Å²) in [7, 11) is 0. The van der Waals surface area contributed by atoms with Crippen molar-refractivity contribution >= 4 is 37.6 Å². The van der Waals surface area contributed by atoms with Gasteiger partial charge in [0.2, 0.25) is 0 Å². The summed E-state index contributed by atoms with van der Waals surface area (Å²) in [6.45, 7) is -8.20. The van der Waals surface area contributed by atoms with Crippen LogP contribution in [0.25, 0.3) is 0 Å². The number of hydrogen-bond donors (Lipinski definition) is 2. The molecule has 0 spiro atoms. The molecule has 16 heavy (non-hydrogen) atoms. The van der Waals surface area contributed by atoms with Crippen molar-refractivity contribution in [2.24, 2.45) is 0 Å². The Bertz CT molecular complexity index is 406. The van der Waals surface area contributed by atoms with Gasteiger partial charge in [-0.15, -0.1) is 0 Å². The molecule has 10 heteroatoms. The van der Waals surface area contributed by atoms with Gasteiger partial charge in [-0.25, -0.2) is 4.57 Å². The van der Waals surface area contributed by atoms with Crippen LogP contribution < -0.4 is 18.8 Å². The Labute approximate surface area is 102 Å². The molecule has 1 N–H and O–H groups in total. The van der Waals surface area contributed by atoms with Gasteiger partial charge in [-0.3, -0.25) is 0 Å². The molecule has 0 saturated heterocycles. The second-order valence-corrected chi connectivity index (χ2v) is 7.69. The second kappa shape index (κ2) is 5.06. The minimum atomic E-state index is -4.27. The van der Waals surface area contributed by atoms with Crippen LogP contribution in [-0.2, 0) is 16.4 Å². The zero-order valence-corrected chi connectivity index (χ0v) is 11.0. The summed E-state index contributed by atoms with van der Waals surface area (Å²) in [6, 6.07) is 4.96. The molecule has 6 nitrogen and oxygen atoms in total. The van der Waals surface area contributed by atoms with Crippen molar-refractivity contribution < 1.29 is 28.3 Å². The van der Waals surface area contributed by atoms with E-state index in [9.17, 15) is 14.4 Å². The molecule has 1 rings (SSSR count). The first-order valence-corrected chi connectivity index (χ1v) is 9.01. The maximum Gasteiger partial charge on any atom is 0.434 e. The number of rotatable bonds is 4. The molecule has 0 bridgehead atoms. The molecule has 0 aliphatic heterocycles. The van der Waals surface area contributed by atoms with Crippen LogP contribution in [-0.4, -0.2) is 4.89 Å². The lowest BCUT2D eigenvalue weighted by atomic mass is 10.3. The maximum absolute atomic E-state index is 10.8. The lowest BCUT2D eigenvalue weighted by Crippen LogP contribution is -2.18. The van der Waals surface area contributed by atoms with Gasteiger partial charge >= 0.3 is 6.80 Å². The normalized spacial score (nSPS) is 15.2. The molecule has 0 heterocycles. The lowest BCUT2D eigenvalue weighted by molar-refractivity contribution is -0.313. The number of benzene rings is 1. The van der Waals surface area contributed by atoms with Crippen molar-refractivity contribution in [2.75, 3.05) is 0 Å². The minimum Gasteiger partial charge on any atom is -0.803 e. The van der Waals surface area contributed by atoms with Crippen molar-refractivity contribution in [3.05, 3.63) is 24.3 Å². The standard InChI is InChI=1S/C6H8O6P2S2/c7-13(8,15)11-5-1-2-6(4-3-5)12-14(9,10)16/h1-4H,(H2,7,8,15)(H2,9,10,16)/p-2. The van der Waals surface area contributed by atoms with Gasteiger partial charge in [0.25, 0.3) is 0 Å². The van der Waals surface area contributed by atoms with Gasteiger partial charge in [-0.05, 0) is 43.2 Å². The largest absolute Gasteiger partial charge is 0.803 e. The van der Waals surface area contributed by atoms with Crippen LogP contribution in [0.1, 0.15) is 0 Å². The highest BCUT2D eigenvalue weighted by atomic mass is 32.7. The second-order valence-electron chi connectivity index (χ2n) is 2.59. The minimum absolute atomic E-state index is 0.00683. The van der Waals surface area contributed by atoms with Crippen molar-refractivity contribution in [3.8, 4) is 11.5 Å². The molecule has 1 aromatic carbocycles. The third kappa shape index (κ3) is 5.86. The van der Waals surface area contributed by atoms with Crippen LogP contribution in [0.3, 0.4) is 0 Å². The molecule has 90 valence electrons. The Morgan fingerprint density at radius 2 is 1.56 bits per heavy atom. The highest BCUT2D eigenvalue weighted by Crippen LogP contribution is 2.47. The third-order valence-electron chi connectivity index (χ3n) is 1.27. The topological polar surface area (TPSA) is 102 Å². The summed E-state index contributed by atoms with van der Waals surface area (Å²) in [6.07, 6.45) is 0. The Kier molecular flexibility index (Phi) is 4.42. The van der Waals surface area contributed by atoms with Crippen molar-refractivity contribution in [1.82, 2.24) is 0 Å². The van der Waals surface area contributed by atoms with Crippen LogP contribution in [0.4, 0.5) is 0 Å². The maximum atomic E-state index is 10.8. The fourth-order valence-corrected chi connectivity index (χ4v) is 2.15. The van der Waals surface area contributed by atoms with Crippen LogP contribution in [0.2, 0.25) is 0 Å². The quantitative estimate of drug-likeness (QED) is 0.613. The predicted molar refractivity (Wildman–Crippen MR) is 60.8 cm³/mol. The molecule has 0 aliphatic carbocycles. The molecule has 1 aromatic rings. The van der Waals surface area contributed by atoms with Crippen molar-refractivity contribution in [1.29, 1.82) is 0 Å². The predicted octanol–water partition coefficient (Wildman–Crippen LogP) is 0.419. The van der Waals surface area contributed by atoms with E-state index in [2.05, 4.69) is 33.1 Å². The molecular weight excluding hydrogens is 294 g/mol. The van der Waals surface area contributed by atoms with E-state index in [0.29, 0.717) is 0 Å². The van der Waals surface area contributed by atoms with Gasteiger partial charge in [0.1, 0.15) is 11.5 Å². The van der Waals surface area contributed by atoms with Gasteiger partial charge in [-0.1, -0.05) is 11.8 Å². The van der Waals surface area contributed by atoms with E-state index < -0.39 is 13.5 Å². The lowest BCUT2D eigenvalue weighted by Gasteiger charge is -2.34. The molecule has 0 radical (unpaired) electrons. The van der Waals surface area contributed by atoms with Crippen LogP contribution in [0.15, 0.2) is 24.3 Å². The van der Waals surface area contributed by atoms with E-state index in [4.69, 9.17) is 4.89 Å². The first-order valence-electron chi connectivity index (χ1n) is 3.73. The van der Waals surface area contributed by atoms with Gasteiger partial charge in [0, 0.05) is 0 Å². The Morgan fingerprint density at radius 1 is 1.19 bits per heavy atom. The molecule has 0 aliphatic rings. The molecule has 0 aromatic heterocycles. The van der Waals surface area contributed by atoms with Gasteiger partial charge in [0.15, 0.2) is 0 Å². The smallest absolute Gasteiger partial charge is 0.434 e. The zero-order chi connectivity index (χ0) is 12.4. The average molecular weight is 300 g/mol. The monoisotopic (exact) mass is 300 g/mol. The Balaban J connectivity index is 2.76. The summed E-state index contributed by atoms with van der Waals surface area (Å²) in [4.78, 5) is 30.0. The first-order chi connectivity index (χ1) is 7.16. The van der Waals surface area contributed by atoms with Gasteiger partial charge in [0.05, 0.1) is 0 Å². The number of hydrogen-bond acceptors (Lipinski definition) is 6. The fraction of sp³-hybridized carbons (Fsp3) is 0. The summed E-state index contributed by atoms with van der Waals surface area (Å²) in [5.41, 5.74) is 0. The molecule has 0 fully saturated rings. The van der Waals surface area contributed by atoms with E-state index in [1.54, 1.807) is 0 Å². The molecule has 1 unspecified atom stereocenters. The highest BCUT2D eigenvalue weighted by Gasteiger charge is 2.13. The van der Waals surface area contributed by atoms with Crippen molar-refractivity contribution in [3.63, 3.8) is 0 Å². The van der Waals surface area contributed by atoms with Crippen LogP contribution in [0, 0.1) is 0 Å². The van der Waals surface area contributed by atoms with Gasteiger partial charge in [-0.2, -0.15) is 0 Å². The van der Waals surface area contributed by atoms with E-state index in [-0.39, 0.29) is 11.5 Å². The molecule has 0 amide bonds. The molecular formula is C6H6O6P2S2-2. The Morgan fingerprint density at radius 3 is 1.88 bits per heavy atom. The summed E-state index contributed by atoms with van der Waals surface area (Å²) in [5.74, 6) is 0.0471. The summed E-state index contributed by atoms with van der Waals surface area (Å²) in [5, 5.41) is 0. The van der Waals surface area contributed by atoms with E-state index in [1.807, 2.05) is 0 Å². The highest BCUT2D eigenvalue weighted by molar-refractivity contribution is 8.44. The van der Waals surface area contributed by atoms with E-state index >= 15 is 0 Å². The van der Waals surface area contributed by atoms with Crippen LogP contribution in [0.5, 0.6) is 11.5 Å². The Hall–Kier alpha value is -0.0700. The summed E-state index contributed by atoms with van der Waals surface area (Å²) < 4.78 is 19.7. The fourth-order valence-electron chi connectivity index (χ4n) is 0.828. The number of thiol groups is 1. The van der Waals surface area contributed by atoms with Crippen molar-refractivity contribution in [2.45, 2.75) is 0 Å². The van der Waals surface area contributed by atoms with Gasteiger partial charge < -0.3 is 23.7 Å². The first kappa shape index (κ1) is 14.0. The molecule has 0 saturated carbocycles. The zero-order valence-electron chi connectivity index (χ0n) is 7.55. The SMILES string of the molecule is O=P(O)(S)Oc1ccc(OP([O-])([O-])=S)cc1. The van der Waals surface area contributed by atoms with E-state index in [1.165, 1.54) is 24.3 Å². The molecule has 1 atom stereocenters. The van der Waals surface area contributed by atoms with Crippen LogP contribution >= 0.6 is 25.8 Å². The third-order valence-corrected chi connectivity index (χ3v) is 2.62. The average Bonchev–Trinajstić information content (AvgIpc) is 2.03.